The molecule has 0 saturated heterocycles. The van der Waals surface area contributed by atoms with Crippen LogP contribution in [0.2, 0.25) is 0 Å². The van der Waals surface area contributed by atoms with Crippen LogP contribution in [0.3, 0.4) is 0 Å². The third-order valence-electron chi connectivity index (χ3n) is 3.55. The summed E-state index contributed by atoms with van der Waals surface area (Å²) in [5.74, 6) is 0.766. The van der Waals surface area contributed by atoms with Crippen molar-refractivity contribution >= 4 is 15.8 Å². The molecule has 0 saturated carbocycles. The predicted octanol–water partition coefficient (Wildman–Crippen LogP) is 2.82. The van der Waals surface area contributed by atoms with Gasteiger partial charge in [0.15, 0.2) is 0 Å². The Kier molecular flexibility index (Phi) is 5.15. The maximum Gasteiger partial charge on any atom is 0.243 e. The molecule has 22 heavy (non-hydrogen) atoms. The van der Waals surface area contributed by atoms with Crippen LogP contribution in [0, 0.1) is 0 Å². The third-order valence-corrected chi connectivity index (χ3v) is 5.62. The highest BCUT2D eigenvalue weighted by molar-refractivity contribution is 7.89. The number of nitrogens with one attached hydrogen (secondary N) is 1. The Labute approximate surface area is 132 Å². The van der Waals surface area contributed by atoms with Gasteiger partial charge in [0.2, 0.25) is 10.0 Å². The predicted molar refractivity (Wildman–Crippen MR) is 89.3 cm³/mol. The minimum Gasteiger partial charge on any atom is -0.373 e. The summed E-state index contributed by atoms with van der Waals surface area (Å²) in [6, 6.07) is 10.7. The molecule has 0 aliphatic rings. The van der Waals surface area contributed by atoms with Crippen LogP contribution in [0.4, 0.5) is 5.82 Å². The molecular weight excluding hydrogens is 298 g/mol. The van der Waals surface area contributed by atoms with Gasteiger partial charge >= 0.3 is 0 Å². The Morgan fingerprint density at radius 1 is 1.09 bits per heavy atom. The molecule has 0 aliphatic carbocycles. The SMILES string of the molecule is CCN(CC)S(=O)(=O)c1ccc(-c2cccnc2NC)cc1. The minimum atomic E-state index is -3.41. The lowest BCUT2D eigenvalue weighted by Crippen LogP contribution is -2.30. The van der Waals surface area contributed by atoms with Gasteiger partial charge in [-0.25, -0.2) is 13.4 Å². The second-order valence-corrected chi connectivity index (χ2v) is 6.70. The van der Waals surface area contributed by atoms with Gasteiger partial charge in [-0.3, -0.25) is 0 Å². The van der Waals surface area contributed by atoms with E-state index in [1.54, 1.807) is 18.3 Å². The highest BCUT2D eigenvalue weighted by Gasteiger charge is 2.21. The van der Waals surface area contributed by atoms with Gasteiger partial charge in [0, 0.05) is 31.9 Å². The number of sulfonamides is 1. The van der Waals surface area contributed by atoms with Crippen molar-refractivity contribution < 1.29 is 8.42 Å². The lowest BCUT2D eigenvalue weighted by Gasteiger charge is -2.18. The van der Waals surface area contributed by atoms with Crippen molar-refractivity contribution in [2.45, 2.75) is 18.7 Å². The monoisotopic (exact) mass is 319 g/mol. The van der Waals surface area contributed by atoms with Crippen molar-refractivity contribution in [3.8, 4) is 11.1 Å². The molecule has 0 radical (unpaired) electrons. The van der Waals surface area contributed by atoms with Crippen LogP contribution in [0.25, 0.3) is 11.1 Å². The number of anilines is 1. The summed E-state index contributed by atoms with van der Waals surface area (Å²) in [7, 11) is -1.60. The van der Waals surface area contributed by atoms with Gasteiger partial charge in [-0.05, 0) is 29.8 Å². The van der Waals surface area contributed by atoms with Gasteiger partial charge in [0.25, 0.3) is 0 Å². The summed E-state index contributed by atoms with van der Waals surface area (Å²) in [5.41, 5.74) is 1.87. The molecule has 1 heterocycles. The van der Waals surface area contributed by atoms with Crippen molar-refractivity contribution in [1.29, 1.82) is 0 Å². The smallest absolute Gasteiger partial charge is 0.243 e. The van der Waals surface area contributed by atoms with E-state index < -0.39 is 10.0 Å². The van der Waals surface area contributed by atoms with Gasteiger partial charge < -0.3 is 5.32 Å². The number of hydrogen-bond acceptors (Lipinski definition) is 4. The first-order valence-electron chi connectivity index (χ1n) is 7.28. The molecule has 0 amide bonds. The molecule has 0 spiro atoms. The first-order valence-corrected chi connectivity index (χ1v) is 8.72. The van der Waals surface area contributed by atoms with Gasteiger partial charge in [0.05, 0.1) is 4.90 Å². The van der Waals surface area contributed by atoms with Crippen LogP contribution in [0.1, 0.15) is 13.8 Å². The third kappa shape index (κ3) is 3.13. The molecule has 1 N–H and O–H groups in total. The summed E-state index contributed by atoms with van der Waals surface area (Å²) in [5, 5.41) is 3.04. The van der Waals surface area contributed by atoms with Gasteiger partial charge in [-0.1, -0.05) is 26.0 Å². The highest BCUT2D eigenvalue weighted by atomic mass is 32.2. The molecule has 5 nitrogen and oxygen atoms in total. The molecule has 1 aromatic heterocycles. The summed E-state index contributed by atoms with van der Waals surface area (Å²) < 4.78 is 26.4. The first-order chi connectivity index (χ1) is 10.5. The number of hydrogen-bond donors (Lipinski definition) is 1. The Morgan fingerprint density at radius 2 is 1.73 bits per heavy atom. The topological polar surface area (TPSA) is 62.3 Å². The fourth-order valence-electron chi connectivity index (χ4n) is 2.36. The lowest BCUT2D eigenvalue weighted by molar-refractivity contribution is 0.445. The molecular formula is C16H21N3O2S. The van der Waals surface area contributed by atoms with Crippen LogP contribution >= 0.6 is 0 Å². The largest absolute Gasteiger partial charge is 0.373 e. The van der Waals surface area contributed by atoms with E-state index in [2.05, 4.69) is 10.3 Å². The van der Waals surface area contributed by atoms with Crippen LogP contribution in [-0.4, -0.2) is 37.8 Å². The maximum atomic E-state index is 12.5. The van der Waals surface area contributed by atoms with E-state index in [1.165, 1.54) is 4.31 Å². The van der Waals surface area contributed by atoms with Crippen molar-refractivity contribution in [2.24, 2.45) is 0 Å². The number of rotatable bonds is 6. The van der Waals surface area contributed by atoms with Crippen molar-refractivity contribution in [1.82, 2.24) is 9.29 Å². The lowest BCUT2D eigenvalue weighted by atomic mass is 10.1. The maximum absolute atomic E-state index is 12.5. The number of nitrogens with zero attached hydrogens (tertiary/aromatic N) is 2. The van der Waals surface area contributed by atoms with E-state index >= 15 is 0 Å². The second kappa shape index (κ2) is 6.89. The van der Waals surface area contributed by atoms with Crippen LogP contribution in [-0.2, 0) is 10.0 Å². The second-order valence-electron chi connectivity index (χ2n) is 4.76. The molecule has 0 bridgehead atoms. The van der Waals surface area contributed by atoms with Crippen molar-refractivity contribution in [3.63, 3.8) is 0 Å². The van der Waals surface area contributed by atoms with Crippen molar-refractivity contribution in [3.05, 3.63) is 42.6 Å². The van der Waals surface area contributed by atoms with E-state index in [9.17, 15) is 8.42 Å². The van der Waals surface area contributed by atoms with Crippen molar-refractivity contribution in [2.75, 3.05) is 25.5 Å². The molecule has 6 heteroatoms. The fourth-order valence-corrected chi connectivity index (χ4v) is 3.81. The molecule has 2 rings (SSSR count). The molecule has 0 atom stereocenters. The van der Waals surface area contributed by atoms with Gasteiger partial charge in [-0.2, -0.15) is 4.31 Å². The van der Waals surface area contributed by atoms with E-state index in [-0.39, 0.29) is 0 Å². The quantitative estimate of drug-likeness (QED) is 0.889. The van der Waals surface area contributed by atoms with Gasteiger partial charge in [0.1, 0.15) is 5.82 Å². The average molecular weight is 319 g/mol. The molecule has 0 unspecified atom stereocenters. The number of benzene rings is 1. The molecule has 0 fully saturated rings. The number of pyridine rings is 1. The summed E-state index contributed by atoms with van der Waals surface area (Å²) >= 11 is 0. The van der Waals surface area contributed by atoms with Crippen LogP contribution < -0.4 is 5.32 Å². The molecule has 0 aliphatic heterocycles. The van der Waals surface area contributed by atoms with E-state index in [1.807, 2.05) is 45.2 Å². The zero-order chi connectivity index (χ0) is 16.2. The standard InChI is InChI=1S/C16H21N3O2S/c1-4-19(5-2)22(20,21)14-10-8-13(9-11-14)15-7-6-12-18-16(15)17-3/h6-12H,4-5H2,1-3H3,(H,17,18). The Bertz CT molecular complexity index is 723. The van der Waals surface area contributed by atoms with E-state index in [0.717, 1.165) is 16.9 Å². The Balaban J connectivity index is 2.39. The summed E-state index contributed by atoms with van der Waals surface area (Å²) in [4.78, 5) is 4.58. The highest BCUT2D eigenvalue weighted by Crippen LogP contribution is 2.27. The Morgan fingerprint density at radius 3 is 2.27 bits per heavy atom. The van der Waals surface area contributed by atoms with E-state index in [0.29, 0.717) is 18.0 Å². The fraction of sp³-hybridized carbons (Fsp3) is 0.312. The summed E-state index contributed by atoms with van der Waals surface area (Å²) in [6.07, 6.45) is 1.72. The van der Waals surface area contributed by atoms with Gasteiger partial charge in [-0.15, -0.1) is 0 Å². The Hall–Kier alpha value is -1.92. The molecule has 1 aromatic carbocycles. The zero-order valence-electron chi connectivity index (χ0n) is 13.1. The molecule has 118 valence electrons. The van der Waals surface area contributed by atoms with E-state index in [4.69, 9.17) is 0 Å². The number of aromatic nitrogens is 1. The van der Waals surface area contributed by atoms with Crippen LogP contribution in [0.15, 0.2) is 47.5 Å². The first kappa shape index (κ1) is 16.5. The van der Waals surface area contributed by atoms with Crippen LogP contribution in [0.5, 0.6) is 0 Å². The zero-order valence-corrected chi connectivity index (χ0v) is 13.9. The molecule has 2 aromatic rings. The minimum absolute atomic E-state index is 0.315. The summed E-state index contributed by atoms with van der Waals surface area (Å²) in [6.45, 7) is 4.61. The normalized spacial score (nSPS) is 11.6. The average Bonchev–Trinajstić information content (AvgIpc) is 2.56.